The van der Waals surface area contributed by atoms with Gasteiger partial charge in [-0.2, -0.15) is 0 Å². The van der Waals surface area contributed by atoms with E-state index in [0.29, 0.717) is 22.8 Å². The molecule has 17 heavy (non-hydrogen) atoms. The molecule has 0 spiro atoms. The number of carbonyl (C=O) groups is 1. The van der Waals surface area contributed by atoms with E-state index in [4.69, 9.17) is 4.52 Å². The molecule has 1 amide bonds. The molecule has 0 saturated heterocycles. The minimum absolute atomic E-state index is 0.176. The maximum atomic E-state index is 11.8. The highest BCUT2D eigenvalue weighted by atomic mass is 32.1. The molecule has 0 atom stereocenters. The molecule has 1 heterocycles. The fourth-order valence-corrected chi connectivity index (χ4v) is 1.69. The Bertz CT molecular complexity index is 537. The summed E-state index contributed by atoms with van der Waals surface area (Å²) in [5.41, 5.74) is 1.34. The lowest BCUT2D eigenvalue weighted by atomic mass is 10.2. The van der Waals surface area contributed by atoms with Crippen molar-refractivity contribution in [3.63, 3.8) is 0 Å². The molecule has 4 nitrogen and oxygen atoms in total. The van der Waals surface area contributed by atoms with Gasteiger partial charge in [-0.1, -0.05) is 17.3 Å². The van der Waals surface area contributed by atoms with Gasteiger partial charge in [-0.15, -0.1) is 12.6 Å². The average Bonchev–Trinajstić information content (AvgIpc) is 2.73. The summed E-state index contributed by atoms with van der Waals surface area (Å²) < 4.78 is 5.00. The summed E-state index contributed by atoms with van der Waals surface area (Å²) in [5, 5.41) is 6.49. The Morgan fingerprint density at radius 2 is 2.24 bits per heavy atom. The zero-order valence-corrected chi connectivity index (χ0v) is 10.2. The first-order valence-corrected chi connectivity index (χ1v) is 5.60. The number of benzene rings is 1. The van der Waals surface area contributed by atoms with Crippen molar-refractivity contribution in [2.24, 2.45) is 0 Å². The van der Waals surface area contributed by atoms with E-state index in [1.54, 1.807) is 24.3 Å². The van der Waals surface area contributed by atoms with Gasteiger partial charge < -0.3 is 9.84 Å². The molecule has 0 aliphatic heterocycles. The van der Waals surface area contributed by atoms with Crippen LogP contribution < -0.4 is 5.32 Å². The van der Waals surface area contributed by atoms with E-state index < -0.39 is 0 Å². The molecular weight excluding hydrogens is 236 g/mol. The van der Waals surface area contributed by atoms with Crippen LogP contribution in [0.4, 0.5) is 0 Å². The van der Waals surface area contributed by atoms with E-state index in [2.05, 4.69) is 23.1 Å². The number of nitrogens with zero attached hydrogens (tertiary/aromatic N) is 1. The second-order valence-electron chi connectivity index (χ2n) is 3.63. The first-order chi connectivity index (χ1) is 8.16. The third-order valence-electron chi connectivity index (χ3n) is 2.25. The van der Waals surface area contributed by atoms with Crippen molar-refractivity contribution in [1.29, 1.82) is 0 Å². The van der Waals surface area contributed by atoms with E-state index in [0.717, 1.165) is 5.69 Å². The molecule has 0 fully saturated rings. The Labute approximate surface area is 104 Å². The summed E-state index contributed by atoms with van der Waals surface area (Å²) in [5.74, 6) is 0.456. The monoisotopic (exact) mass is 248 g/mol. The topological polar surface area (TPSA) is 55.1 Å². The quantitative estimate of drug-likeness (QED) is 0.819. The third kappa shape index (κ3) is 2.88. The SMILES string of the molecule is Cc1cc(CNC(=O)c2ccccc2S)on1. The van der Waals surface area contributed by atoms with Gasteiger partial charge in [0.2, 0.25) is 0 Å². The minimum Gasteiger partial charge on any atom is -0.359 e. The lowest BCUT2D eigenvalue weighted by Crippen LogP contribution is -2.22. The number of thiol groups is 1. The summed E-state index contributed by atoms with van der Waals surface area (Å²) >= 11 is 4.22. The van der Waals surface area contributed by atoms with Crippen LogP contribution in [0.1, 0.15) is 21.8 Å². The van der Waals surface area contributed by atoms with E-state index in [1.807, 2.05) is 13.0 Å². The normalized spacial score (nSPS) is 10.2. The van der Waals surface area contributed by atoms with Gasteiger partial charge in [-0.25, -0.2) is 0 Å². The van der Waals surface area contributed by atoms with E-state index in [-0.39, 0.29) is 5.91 Å². The van der Waals surface area contributed by atoms with Gasteiger partial charge in [0.05, 0.1) is 17.8 Å². The number of aromatic nitrogens is 1. The van der Waals surface area contributed by atoms with Crippen molar-refractivity contribution in [3.05, 3.63) is 47.3 Å². The molecular formula is C12H12N2O2S. The molecule has 0 unspecified atom stereocenters. The maximum Gasteiger partial charge on any atom is 0.252 e. The Morgan fingerprint density at radius 1 is 1.47 bits per heavy atom. The number of hydrogen-bond acceptors (Lipinski definition) is 4. The summed E-state index contributed by atoms with van der Waals surface area (Å²) in [4.78, 5) is 12.5. The molecule has 0 aliphatic carbocycles. The molecule has 1 aromatic heterocycles. The van der Waals surface area contributed by atoms with Crippen LogP contribution in [-0.4, -0.2) is 11.1 Å². The molecule has 88 valence electrons. The van der Waals surface area contributed by atoms with Crippen molar-refractivity contribution < 1.29 is 9.32 Å². The summed E-state index contributed by atoms with van der Waals surface area (Å²) in [6.07, 6.45) is 0. The molecule has 2 aromatic rings. The van der Waals surface area contributed by atoms with Crippen LogP contribution in [0.2, 0.25) is 0 Å². The van der Waals surface area contributed by atoms with Gasteiger partial charge in [0.1, 0.15) is 0 Å². The smallest absolute Gasteiger partial charge is 0.252 e. The van der Waals surface area contributed by atoms with Crippen molar-refractivity contribution in [1.82, 2.24) is 10.5 Å². The maximum absolute atomic E-state index is 11.8. The molecule has 0 saturated carbocycles. The molecule has 0 aliphatic rings. The molecule has 5 heteroatoms. The van der Waals surface area contributed by atoms with E-state index in [1.165, 1.54) is 0 Å². The highest BCUT2D eigenvalue weighted by molar-refractivity contribution is 7.80. The second kappa shape index (κ2) is 5.05. The Balaban J connectivity index is 2.01. The number of amides is 1. The standard InChI is InChI=1S/C12H12N2O2S/c1-8-6-9(16-14-8)7-13-12(15)10-4-2-3-5-11(10)17/h2-6,17H,7H2,1H3,(H,13,15). The van der Waals surface area contributed by atoms with Crippen molar-refractivity contribution >= 4 is 18.5 Å². The average molecular weight is 248 g/mol. The van der Waals surface area contributed by atoms with E-state index in [9.17, 15) is 4.79 Å². The van der Waals surface area contributed by atoms with Gasteiger partial charge in [-0.05, 0) is 19.1 Å². The predicted molar refractivity (Wildman–Crippen MR) is 66.1 cm³/mol. The first-order valence-electron chi connectivity index (χ1n) is 5.15. The number of hydrogen-bond donors (Lipinski definition) is 2. The molecule has 1 N–H and O–H groups in total. The van der Waals surface area contributed by atoms with Crippen LogP contribution in [0.5, 0.6) is 0 Å². The summed E-state index contributed by atoms with van der Waals surface area (Å²) in [6.45, 7) is 2.15. The fourth-order valence-electron chi connectivity index (χ4n) is 1.43. The first kappa shape index (κ1) is 11.7. The van der Waals surface area contributed by atoms with Crippen LogP contribution in [0, 0.1) is 6.92 Å². The zero-order valence-electron chi connectivity index (χ0n) is 9.30. The number of aryl methyl sites for hydroxylation is 1. The van der Waals surface area contributed by atoms with E-state index >= 15 is 0 Å². The van der Waals surface area contributed by atoms with Crippen LogP contribution in [-0.2, 0) is 6.54 Å². The molecule has 2 rings (SSSR count). The summed E-state index contributed by atoms with van der Waals surface area (Å²) in [7, 11) is 0. The molecule has 0 bridgehead atoms. The lowest BCUT2D eigenvalue weighted by molar-refractivity contribution is 0.0944. The summed E-state index contributed by atoms with van der Waals surface area (Å²) in [6, 6.07) is 8.92. The van der Waals surface area contributed by atoms with Crippen LogP contribution in [0.25, 0.3) is 0 Å². The largest absolute Gasteiger partial charge is 0.359 e. The number of nitrogens with one attached hydrogen (secondary N) is 1. The van der Waals surface area contributed by atoms with Gasteiger partial charge in [0.15, 0.2) is 5.76 Å². The van der Waals surface area contributed by atoms with Crippen LogP contribution >= 0.6 is 12.6 Å². The number of carbonyl (C=O) groups excluding carboxylic acids is 1. The highest BCUT2D eigenvalue weighted by Crippen LogP contribution is 2.12. The lowest BCUT2D eigenvalue weighted by Gasteiger charge is -2.04. The Kier molecular flexibility index (Phi) is 3.49. The van der Waals surface area contributed by atoms with Gasteiger partial charge in [-0.3, -0.25) is 4.79 Å². The Morgan fingerprint density at radius 3 is 2.88 bits per heavy atom. The van der Waals surface area contributed by atoms with Gasteiger partial charge in [0.25, 0.3) is 5.91 Å². The van der Waals surface area contributed by atoms with Crippen LogP contribution in [0.3, 0.4) is 0 Å². The molecule has 0 radical (unpaired) electrons. The van der Waals surface area contributed by atoms with Crippen molar-refractivity contribution in [2.45, 2.75) is 18.4 Å². The van der Waals surface area contributed by atoms with Crippen molar-refractivity contribution in [3.8, 4) is 0 Å². The second-order valence-corrected chi connectivity index (χ2v) is 4.12. The van der Waals surface area contributed by atoms with Crippen molar-refractivity contribution in [2.75, 3.05) is 0 Å². The van der Waals surface area contributed by atoms with Crippen LogP contribution in [0.15, 0.2) is 39.8 Å². The molecule has 1 aromatic carbocycles. The van der Waals surface area contributed by atoms with Gasteiger partial charge >= 0.3 is 0 Å². The fraction of sp³-hybridized carbons (Fsp3) is 0.167. The predicted octanol–water partition coefficient (Wildman–Crippen LogP) is 2.20. The zero-order chi connectivity index (χ0) is 12.3. The number of rotatable bonds is 3. The third-order valence-corrected chi connectivity index (χ3v) is 2.64. The Hall–Kier alpha value is -1.75. The minimum atomic E-state index is -0.176. The highest BCUT2D eigenvalue weighted by Gasteiger charge is 2.09. The van der Waals surface area contributed by atoms with Gasteiger partial charge in [0, 0.05) is 11.0 Å².